The molecule has 0 saturated heterocycles. The Morgan fingerprint density at radius 2 is 2.25 bits per heavy atom. The Morgan fingerprint density at radius 3 is 2.75 bits per heavy atom. The van der Waals surface area contributed by atoms with Gasteiger partial charge in [-0.05, 0) is 18.2 Å². The van der Waals surface area contributed by atoms with Gasteiger partial charge in [0.15, 0.2) is 5.84 Å². The Hall–Kier alpha value is -1.29. The molecule has 0 atom stereocenters. The largest absolute Gasteiger partial charge is 0.409 e. The first kappa shape index (κ1) is 8.80. The second-order valence-corrected chi connectivity index (χ2v) is 2.52. The van der Waals surface area contributed by atoms with Crippen LogP contribution in [0.15, 0.2) is 23.4 Å². The van der Waals surface area contributed by atoms with E-state index >= 15 is 0 Å². The van der Waals surface area contributed by atoms with E-state index in [4.69, 9.17) is 22.5 Å². The third-order valence-electron chi connectivity index (χ3n) is 1.32. The Bertz CT molecular complexity index is 327. The lowest BCUT2D eigenvalue weighted by atomic mass is 10.2. The molecule has 1 aromatic rings. The fourth-order valence-corrected chi connectivity index (χ4v) is 0.831. The summed E-state index contributed by atoms with van der Waals surface area (Å²) in [6.07, 6.45) is 0. The molecule has 0 bridgehead atoms. The van der Waals surface area contributed by atoms with E-state index in [0.717, 1.165) is 6.07 Å². The predicted molar refractivity (Wildman–Crippen MR) is 43.9 cm³/mol. The number of amidine groups is 1. The van der Waals surface area contributed by atoms with Gasteiger partial charge in [-0.1, -0.05) is 16.8 Å². The van der Waals surface area contributed by atoms with Crippen LogP contribution in [-0.2, 0) is 0 Å². The Balaban J connectivity index is 3.13. The monoisotopic (exact) mass is 188 g/mol. The summed E-state index contributed by atoms with van der Waals surface area (Å²) in [4.78, 5) is 0. The van der Waals surface area contributed by atoms with E-state index < -0.39 is 5.82 Å². The van der Waals surface area contributed by atoms with Gasteiger partial charge >= 0.3 is 0 Å². The topological polar surface area (TPSA) is 58.6 Å². The fraction of sp³-hybridized carbons (Fsp3) is 0. The van der Waals surface area contributed by atoms with E-state index in [1.54, 1.807) is 0 Å². The van der Waals surface area contributed by atoms with Crippen molar-refractivity contribution in [1.29, 1.82) is 0 Å². The molecule has 0 aliphatic carbocycles. The third-order valence-corrected chi connectivity index (χ3v) is 1.63. The molecule has 1 aromatic carbocycles. The van der Waals surface area contributed by atoms with Crippen LogP contribution in [0.25, 0.3) is 0 Å². The molecular weight excluding hydrogens is 183 g/mol. The van der Waals surface area contributed by atoms with Gasteiger partial charge in [0.1, 0.15) is 5.82 Å². The average Bonchev–Trinajstić information content (AvgIpc) is 2.08. The zero-order chi connectivity index (χ0) is 9.14. The molecule has 3 N–H and O–H groups in total. The minimum atomic E-state index is -0.597. The molecule has 3 nitrogen and oxygen atoms in total. The van der Waals surface area contributed by atoms with E-state index in [0.29, 0.717) is 5.56 Å². The zero-order valence-corrected chi connectivity index (χ0v) is 6.72. The highest BCUT2D eigenvalue weighted by Gasteiger charge is 2.03. The summed E-state index contributed by atoms with van der Waals surface area (Å²) in [6.45, 7) is 0. The van der Waals surface area contributed by atoms with E-state index in [2.05, 4.69) is 5.16 Å². The van der Waals surface area contributed by atoms with Crippen LogP contribution in [0.4, 0.5) is 4.39 Å². The molecule has 0 radical (unpaired) electrons. The van der Waals surface area contributed by atoms with Crippen molar-refractivity contribution in [1.82, 2.24) is 0 Å². The number of hydrogen-bond donors (Lipinski definition) is 2. The quantitative estimate of drug-likeness (QED) is 0.304. The minimum Gasteiger partial charge on any atom is -0.409 e. The van der Waals surface area contributed by atoms with Crippen molar-refractivity contribution in [2.45, 2.75) is 0 Å². The first-order valence-corrected chi connectivity index (χ1v) is 3.46. The van der Waals surface area contributed by atoms with Crippen LogP contribution in [0.5, 0.6) is 0 Å². The van der Waals surface area contributed by atoms with Crippen LogP contribution in [0, 0.1) is 5.82 Å². The Kier molecular flexibility index (Phi) is 2.50. The fourth-order valence-electron chi connectivity index (χ4n) is 0.713. The molecule has 0 heterocycles. The molecular formula is C7H6ClFN2O. The standard InChI is InChI=1S/C7H6ClFN2O/c8-5-2-1-4(3-6(5)9)7(10)11-12/h1-3,12H,(H2,10,11). The highest BCUT2D eigenvalue weighted by atomic mass is 35.5. The normalized spacial score (nSPS) is 11.7. The van der Waals surface area contributed by atoms with Crippen molar-refractivity contribution in [2.75, 3.05) is 0 Å². The molecule has 0 amide bonds. The van der Waals surface area contributed by atoms with Crippen LogP contribution in [0.2, 0.25) is 5.02 Å². The van der Waals surface area contributed by atoms with Gasteiger partial charge in [-0.3, -0.25) is 0 Å². The lowest BCUT2D eigenvalue weighted by molar-refractivity contribution is 0.318. The van der Waals surface area contributed by atoms with Gasteiger partial charge in [-0.2, -0.15) is 0 Å². The van der Waals surface area contributed by atoms with Crippen molar-refractivity contribution >= 4 is 17.4 Å². The summed E-state index contributed by atoms with van der Waals surface area (Å²) in [5.41, 5.74) is 5.49. The number of rotatable bonds is 1. The highest BCUT2D eigenvalue weighted by molar-refractivity contribution is 6.30. The first-order chi connectivity index (χ1) is 5.65. The second kappa shape index (κ2) is 3.40. The molecule has 0 aliphatic rings. The zero-order valence-electron chi connectivity index (χ0n) is 5.96. The van der Waals surface area contributed by atoms with Crippen LogP contribution in [0.1, 0.15) is 5.56 Å². The van der Waals surface area contributed by atoms with Gasteiger partial charge in [-0.25, -0.2) is 4.39 Å². The number of halogens is 2. The Labute approximate surface area is 73.2 Å². The summed E-state index contributed by atoms with van der Waals surface area (Å²) < 4.78 is 12.8. The maximum absolute atomic E-state index is 12.8. The Morgan fingerprint density at radius 1 is 1.58 bits per heavy atom. The molecule has 0 spiro atoms. The van der Waals surface area contributed by atoms with Gasteiger partial charge in [-0.15, -0.1) is 0 Å². The van der Waals surface area contributed by atoms with E-state index in [9.17, 15) is 4.39 Å². The molecule has 0 unspecified atom stereocenters. The lowest BCUT2D eigenvalue weighted by Crippen LogP contribution is -2.13. The summed E-state index contributed by atoms with van der Waals surface area (Å²) in [6, 6.07) is 3.89. The lowest BCUT2D eigenvalue weighted by Gasteiger charge is -1.98. The van der Waals surface area contributed by atoms with Gasteiger partial charge < -0.3 is 10.9 Å². The minimum absolute atomic E-state index is 0.00416. The molecule has 1 rings (SSSR count). The van der Waals surface area contributed by atoms with Crippen LogP contribution in [-0.4, -0.2) is 11.0 Å². The van der Waals surface area contributed by atoms with E-state index in [-0.39, 0.29) is 10.9 Å². The van der Waals surface area contributed by atoms with Crippen molar-refractivity contribution in [3.05, 3.63) is 34.6 Å². The second-order valence-electron chi connectivity index (χ2n) is 2.11. The maximum atomic E-state index is 12.8. The molecule has 12 heavy (non-hydrogen) atoms. The SMILES string of the molecule is N/C(=N\O)c1ccc(Cl)c(F)c1. The van der Waals surface area contributed by atoms with Gasteiger partial charge in [0.2, 0.25) is 0 Å². The molecule has 0 fully saturated rings. The molecule has 5 heteroatoms. The van der Waals surface area contributed by atoms with Gasteiger partial charge in [0.25, 0.3) is 0 Å². The smallest absolute Gasteiger partial charge is 0.170 e. The van der Waals surface area contributed by atoms with Crippen molar-refractivity contribution in [3.63, 3.8) is 0 Å². The number of nitrogens with two attached hydrogens (primary N) is 1. The van der Waals surface area contributed by atoms with Crippen molar-refractivity contribution in [2.24, 2.45) is 10.9 Å². The number of oxime groups is 1. The van der Waals surface area contributed by atoms with Gasteiger partial charge in [0, 0.05) is 5.56 Å². The molecule has 64 valence electrons. The number of hydrogen-bond acceptors (Lipinski definition) is 2. The maximum Gasteiger partial charge on any atom is 0.170 e. The third kappa shape index (κ3) is 1.65. The molecule has 0 saturated carbocycles. The van der Waals surface area contributed by atoms with Gasteiger partial charge in [0.05, 0.1) is 5.02 Å². The molecule has 0 aromatic heterocycles. The van der Waals surface area contributed by atoms with E-state index in [1.165, 1.54) is 12.1 Å². The summed E-state index contributed by atoms with van der Waals surface area (Å²) in [5.74, 6) is -0.744. The number of benzene rings is 1. The summed E-state index contributed by atoms with van der Waals surface area (Å²) in [7, 11) is 0. The number of nitrogens with zero attached hydrogens (tertiary/aromatic N) is 1. The summed E-state index contributed by atoms with van der Waals surface area (Å²) >= 11 is 5.41. The predicted octanol–water partition coefficient (Wildman–Crippen LogP) is 1.57. The highest BCUT2D eigenvalue weighted by Crippen LogP contribution is 2.15. The van der Waals surface area contributed by atoms with E-state index in [1.807, 2.05) is 0 Å². The summed E-state index contributed by atoms with van der Waals surface area (Å²) in [5, 5.41) is 11.0. The van der Waals surface area contributed by atoms with Crippen LogP contribution >= 0.6 is 11.6 Å². The first-order valence-electron chi connectivity index (χ1n) is 3.08. The van der Waals surface area contributed by atoms with Crippen LogP contribution < -0.4 is 5.73 Å². The van der Waals surface area contributed by atoms with Crippen LogP contribution in [0.3, 0.4) is 0 Å². The van der Waals surface area contributed by atoms with Crippen molar-refractivity contribution < 1.29 is 9.60 Å². The van der Waals surface area contributed by atoms with Crippen molar-refractivity contribution in [3.8, 4) is 0 Å². The average molecular weight is 189 g/mol. The molecule has 0 aliphatic heterocycles.